The van der Waals surface area contributed by atoms with Gasteiger partial charge in [0.15, 0.2) is 0 Å². The first kappa shape index (κ1) is 23.5. The van der Waals surface area contributed by atoms with Gasteiger partial charge < -0.3 is 20.4 Å². The van der Waals surface area contributed by atoms with Gasteiger partial charge in [0.25, 0.3) is 5.91 Å². The minimum atomic E-state index is -0.236. The maximum atomic E-state index is 13.0. The Morgan fingerprint density at radius 3 is 2.15 bits per heavy atom. The van der Waals surface area contributed by atoms with E-state index in [1.54, 1.807) is 41.1 Å². The average molecular weight is 445 g/mol. The molecule has 3 rings (SSSR count). The molecule has 0 radical (unpaired) electrons. The van der Waals surface area contributed by atoms with Gasteiger partial charge in [-0.2, -0.15) is 0 Å². The molecule has 0 atom stereocenters. The molecule has 0 unspecified atom stereocenters. The van der Waals surface area contributed by atoms with Crippen LogP contribution in [0.2, 0.25) is 0 Å². The molecule has 170 valence electrons. The normalized spacial score (nSPS) is 10.3. The first-order chi connectivity index (χ1) is 15.9. The van der Waals surface area contributed by atoms with Crippen molar-refractivity contribution in [3.63, 3.8) is 0 Å². The lowest BCUT2D eigenvalue weighted by molar-refractivity contribution is -0.116. The van der Waals surface area contributed by atoms with Gasteiger partial charge in [0.1, 0.15) is 0 Å². The van der Waals surface area contributed by atoms with Crippen molar-refractivity contribution >= 4 is 40.5 Å². The summed E-state index contributed by atoms with van der Waals surface area (Å²) in [4.78, 5) is 40.1. The molecule has 7 heteroatoms. The van der Waals surface area contributed by atoms with Crippen molar-refractivity contribution in [2.24, 2.45) is 0 Å². The van der Waals surface area contributed by atoms with E-state index in [0.717, 1.165) is 17.1 Å². The van der Waals surface area contributed by atoms with E-state index >= 15 is 0 Å². The number of nitrogens with zero attached hydrogens (tertiary/aromatic N) is 2. The number of rotatable bonds is 8. The molecule has 0 heterocycles. The second-order valence-electron chi connectivity index (χ2n) is 7.49. The number of carbonyl (C=O) groups is 3. The molecular weight excluding hydrogens is 416 g/mol. The van der Waals surface area contributed by atoms with E-state index in [9.17, 15) is 14.4 Å². The summed E-state index contributed by atoms with van der Waals surface area (Å²) in [7, 11) is 1.71. The van der Waals surface area contributed by atoms with Gasteiger partial charge in [-0.05, 0) is 61.5 Å². The SMILES string of the molecule is CCN(C(=O)c1cccc(NC(=O)CNc2ccc(N(C)C(C)=O)cc2)c1)c1ccccc1. The van der Waals surface area contributed by atoms with E-state index in [-0.39, 0.29) is 24.3 Å². The van der Waals surface area contributed by atoms with Gasteiger partial charge in [0.05, 0.1) is 6.54 Å². The fourth-order valence-corrected chi connectivity index (χ4v) is 3.31. The van der Waals surface area contributed by atoms with Gasteiger partial charge in [-0.15, -0.1) is 0 Å². The Labute approximate surface area is 194 Å². The molecule has 0 aliphatic carbocycles. The molecule has 0 saturated carbocycles. The highest BCUT2D eigenvalue weighted by molar-refractivity contribution is 6.07. The lowest BCUT2D eigenvalue weighted by atomic mass is 10.1. The number of benzene rings is 3. The minimum Gasteiger partial charge on any atom is -0.376 e. The van der Waals surface area contributed by atoms with Gasteiger partial charge in [0, 0.05) is 48.8 Å². The first-order valence-electron chi connectivity index (χ1n) is 10.7. The fourth-order valence-electron chi connectivity index (χ4n) is 3.31. The molecule has 3 amide bonds. The van der Waals surface area contributed by atoms with Crippen LogP contribution in [0, 0.1) is 0 Å². The summed E-state index contributed by atoms with van der Waals surface area (Å²) in [6, 6.07) is 23.6. The smallest absolute Gasteiger partial charge is 0.258 e. The third kappa shape index (κ3) is 6.20. The van der Waals surface area contributed by atoms with Crippen LogP contribution >= 0.6 is 0 Å². The second kappa shape index (κ2) is 10.9. The van der Waals surface area contributed by atoms with Crippen LogP contribution < -0.4 is 20.4 Å². The standard InChI is InChI=1S/C26H28N4O3/c1-4-30(24-11-6-5-7-12-24)26(33)20-9-8-10-22(17-20)28-25(32)18-27-21-13-15-23(16-14-21)29(3)19(2)31/h5-17,27H,4,18H2,1-3H3,(H,28,32). The highest BCUT2D eigenvalue weighted by Gasteiger charge is 2.16. The van der Waals surface area contributed by atoms with Gasteiger partial charge >= 0.3 is 0 Å². The molecule has 7 nitrogen and oxygen atoms in total. The van der Waals surface area contributed by atoms with Crippen LogP contribution in [-0.4, -0.2) is 37.9 Å². The Hall–Kier alpha value is -4.13. The number of hydrogen-bond donors (Lipinski definition) is 2. The van der Waals surface area contributed by atoms with Crippen molar-refractivity contribution in [2.75, 3.05) is 40.6 Å². The van der Waals surface area contributed by atoms with E-state index in [1.807, 2.05) is 61.5 Å². The van der Waals surface area contributed by atoms with Gasteiger partial charge in [-0.25, -0.2) is 0 Å². The molecule has 0 spiro atoms. The van der Waals surface area contributed by atoms with Gasteiger partial charge in [0.2, 0.25) is 11.8 Å². The van der Waals surface area contributed by atoms with Crippen LogP contribution in [-0.2, 0) is 9.59 Å². The molecule has 0 aliphatic rings. The van der Waals surface area contributed by atoms with Crippen LogP contribution in [0.25, 0.3) is 0 Å². The van der Waals surface area contributed by atoms with Crippen LogP contribution in [0.1, 0.15) is 24.2 Å². The largest absolute Gasteiger partial charge is 0.376 e. The molecular formula is C26H28N4O3. The zero-order valence-electron chi connectivity index (χ0n) is 19.0. The molecule has 0 aromatic heterocycles. The van der Waals surface area contributed by atoms with Crippen molar-refractivity contribution in [1.29, 1.82) is 0 Å². The summed E-state index contributed by atoms with van der Waals surface area (Å²) in [5, 5.41) is 5.88. The Balaban J connectivity index is 1.60. The molecule has 0 bridgehead atoms. The van der Waals surface area contributed by atoms with Crippen molar-refractivity contribution in [3.8, 4) is 0 Å². The third-order valence-electron chi connectivity index (χ3n) is 5.20. The molecule has 33 heavy (non-hydrogen) atoms. The molecule has 3 aromatic carbocycles. The predicted octanol–water partition coefficient (Wildman–Crippen LogP) is 4.39. The Bertz CT molecular complexity index is 1110. The lowest BCUT2D eigenvalue weighted by Crippen LogP contribution is -2.30. The van der Waals surface area contributed by atoms with Crippen LogP contribution in [0.15, 0.2) is 78.9 Å². The summed E-state index contributed by atoms with van der Waals surface area (Å²) in [6.45, 7) is 4.02. The van der Waals surface area contributed by atoms with Crippen molar-refractivity contribution in [2.45, 2.75) is 13.8 Å². The quantitative estimate of drug-likeness (QED) is 0.540. The highest BCUT2D eigenvalue weighted by atomic mass is 16.2. The summed E-state index contributed by atoms with van der Waals surface area (Å²) in [5.41, 5.74) is 3.41. The number of hydrogen-bond acceptors (Lipinski definition) is 4. The van der Waals surface area contributed by atoms with E-state index in [0.29, 0.717) is 17.8 Å². The minimum absolute atomic E-state index is 0.0541. The Morgan fingerprint density at radius 2 is 1.52 bits per heavy atom. The van der Waals surface area contributed by atoms with Crippen molar-refractivity contribution in [1.82, 2.24) is 0 Å². The topological polar surface area (TPSA) is 81.8 Å². The van der Waals surface area contributed by atoms with Crippen molar-refractivity contribution in [3.05, 3.63) is 84.4 Å². The molecule has 0 aliphatic heterocycles. The maximum absolute atomic E-state index is 13.0. The molecule has 2 N–H and O–H groups in total. The summed E-state index contributed by atoms with van der Waals surface area (Å²) in [6.07, 6.45) is 0. The van der Waals surface area contributed by atoms with E-state index in [4.69, 9.17) is 0 Å². The van der Waals surface area contributed by atoms with Crippen LogP contribution in [0.3, 0.4) is 0 Å². The molecule has 0 saturated heterocycles. The first-order valence-corrected chi connectivity index (χ1v) is 10.7. The third-order valence-corrected chi connectivity index (χ3v) is 5.20. The Morgan fingerprint density at radius 1 is 0.818 bits per heavy atom. The highest BCUT2D eigenvalue weighted by Crippen LogP contribution is 2.19. The maximum Gasteiger partial charge on any atom is 0.258 e. The van der Waals surface area contributed by atoms with Crippen LogP contribution in [0.5, 0.6) is 0 Å². The second-order valence-corrected chi connectivity index (χ2v) is 7.49. The Kier molecular flexibility index (Phi) is 7.81. The van der Waals surface area contributed by atoms with E-state index in [1.165, 1.54) is 6.92 Å². The monoisotopic (exact) mass is 444 g/mol. The number of anilines is 4. The average Bonchev–Trinajstić information content (AvgIpc) is 2.84. The summed E-state index contributed by atoms with van der Waals surface area (Å²) < 4.78 is 0. The van der Waals surface area contributed by atoms with Gasteiger partial charge in [-0.1, -0.05) is 24.3 Å². The number of para-hydroxylation sites is 1. The fraction of sp³-hybridized carbons (Fsp3) is 0.192. The summed E-state index contributed by atoms with van der Waals surface area (Å²) >= 11 is 0. The number of carbonyl (C=O) groups excluding carboxylic acids is 3. The zero-order valence-corrected chi connectivity index (χ0v) is 19.0. The van der Waals surface area contributed by atoms with Crippen molar-refractivity contribution < 1.29 is 14.4 Å². The molecule has 0 fully saturated rings. The zero-order chi connectivity index (χ0) is 23.8. The van der Waals surface area contributed by atoms with Crippen LogP contribution in [0.4, 0.5) is 22.7 Å². The number of nitrogens with one attached hydrogen (secondary N) is 2. The van der Waals surface area contributed by atoms with Gasteiger partial charge in [-0.3, -0.25) is 14.4 Å². The number of amides is 3. The van der Waals surface area contributed by atoms with E-state index in [2.05, 4.69) is 10.6 Å². The molecule has 3 aromatic rings. The lowest BCUT2D eigenvalue weighted by Gasteiger charge is -2.21. The predicted molar refractivity (Wildman–Crippen MR) is 133 cm³/mol. The van der Waals surface area contributed by atoms with E-state index < -0.39 is 0 Å². The summed E-state index contributed by atoms with van der Waals surface area (Å²) in [5.74, 6) is -0.421.